The molecule has 0 saturated heterocycles. The fraction of sp³-hybridized carbons (Fsp3) is 0.0714. The van der Waals surface area contributed by atoms with E-state index in [9.17, 15) is 9.18 Å². The van der Waals surface area contributed by atoms with Gasteiger partial charge in [0.2, 0.25) is 0 Å². The number of hydrogen-bond donors (Lipinski definition) is 1. The summed E-state index contributed by atoms with van der Waals surface area (Å²) < 4.78 is 15.0. The van der Waals surface area contributed by atoms with Crippen LogP contribution < -0.4 is 5.56 Å². The Morgan fingerprint density at radius 1 is 1.24 bits per heavy atom. The molecule has 0 atom stereocenters. The minimum atomic E-state index is -0.494. The van der Waals surface area contributed by atoms with Crippen LogP contribution in [0.4, 0.5) is 4.39 Å². The van der Waals surface area contributed by atoms with Crippen molar-refractivity contribution in [3.63, 3.8) is 0 Å². The molecule has 21 heavy (non-hydrogen) atoms. The molecule has 0 unspecified atom stereocenters. The number of benzene rings is 1. The first-order valence-corrected chi connectivity index (χ1v) is 6.46. The Bertz CT molecular complexity index is 851. The average Bonchev–Trinajstić information content (AvgIpc) is 2.83. The minimum Gasteiger partial charge on any atom is -0.306 e. The lowest BCUT2D eigenvalue weighted by Gasteiger charge is -2.04. The van der Waals surface area contributed by atoms with Crippen molar-refractivity contribution in [3.8, 4) is 22.6 Å². The van der Waals surface area contributed by atoms with Gasteiger partial charge in [-0.2, -0.15) is 5.10 Å². The smallest absolute Gasteiger partial charge is 0.251 e. The zero-order valence-electron chi connectivity index (χ0n) is 11.0. The molecule has 106 valence electrons. The zero-order valence-corrected chi connectivity index (χ0v) is 11.7. The van der Waals surface area contributed by atoms with Crippen LogP contribution in [0, 0.1) is 5.82 Å². The molecule has 2 aromatic heterocycles. The zero-order chi connectivity index (χ0) is 15.0. The molecule has 3 aromatic rings. The highest BCUT2D eigenvalue weighted by Crippen LogP contribution is 2.23. The molecule has 0 bridgehead atoms. The molecular weight excluding hydrogens is 295 g/mol. The number of halogens is 2. The lowest BCUT2D eigenvalue weighted by molar-refractivity contribution is 0.628. The van der Waals surface area contributed by atoms with E-state index in [1.807, 2.05) is 0 Å². The second-order valence-electron chi connectivity index (χ2n) is 4.54. The first-order chi connectivity index (χ1) is 10.0. The molecule has 2 heterocycles. The summed E-state index contributed by atoms with van der Waals surface area (Å²) in [6.07, 6.45) is 3.34. The van der Waals surface area contributed by atoms with E-state index in [4.69, 9.17) is 11.6 Å². The molecule has 0 saturated carbocycles. The van der Waals surface area contributed by atoms with Crippen LogP contribution in [0.15, 0.2) is 41.5 Å². The number of H-pyrrole nitrogens is 1. The van der Waals surface area contributed by atoms with Gasteiger partial charge >= 0.3 is 0 Å². The number of aryl methyl sites for hydroxylation is 1. The van der Waals surface area contributed by atoms with E-state index in [0.717, 1.165) is 0 Å². The summed E-state index contributed by atoms with van der Waals surface area (Å²) in [6.45, 7) is 0. The molecule has 5 nitrogen and oxygen atoms in total. The largest absolute Gasteiger partial charge is 0.306 e. The van der Waals surface area contributed by atoms with Crippen molar-refractivity contribution < 1.29 is 4.39 Å². The van der Waals surface area contributed by atoms with Crippen LogP contribution in [-0.4, -0.2) is 19.7 Å². The van der Waals surface area contributed by atoms with Crippen LogP contribution in [0.5, 0.6) is 0 Å². The first kappa shape index (κ1) is 13.5. The van der Waals surface area contributed by atoms with Gasteiger partial charge in [0.05, 0.1) is 11.9 Å². The normalized spacial score (nSPS) is 10.8. The highest BCUT2D eigenvalue weighted by molar-refractivity contribution is 6.30. The quantitative estimate of drug-likeness (QED) is 0.791. The van der Waals surface area contributed by atoms with Gasteiger partial charge in [0.25, 0.3) is 5.56 Å². The summed E-state index contributed by atoms with van der Waals surface area (Å²) in [6, 6.07) is 5.35. The van der Waals surface area contributed by atoms with Crippen molar-refractivity contribution in [2.24, 2.45) is 7.05 Å². The number of aromatic nitrogens is 4. The van der Waals surface area contributed by atoms with E-state index >= 15 is 0 Å². The van der Waals surface area contributed by atoms with E-state index in [1.165, 1.54) is 24.3 Å². The Balaban J connectivity index is 2.15. The van der Waals surface area contributed by atoms with Gasteiger partial charge in [-0.25, -0.2) is 9.37 Å². The van der Waals surface area contributed by atoms with Gasteiger partial charge in [-0.15, -0.1) is 0 Å². The third-order valence-corrected chi connectivity index (χ3v) is 3.10. The maximum absolute atomic E-state index is 13.4. The number of nitrogens with zero attached hydrogens (tertiary/aromatic N) is 3. The Morgan fingerprint density at radius 2 is 2.05 bits per heavy atom. The molecule has 1 aromatic carbocycles. The Kier molecular flexibility index (Phi) is 3.31. The molecule has 0 amide bonds. The Labute approximate surface area is 124 Å². The summed E-state index contributed by atoms with van der Waals surface area (Å²) >= 11 is 5.83. The van der Waals surface area contributed by atoms with Crippen LogP contribution in [0.3, 0.4) is 0 Å². The van der Waals surface area contributed by atoms with Crippen molar-refractivity contribution >= 4 is 11.6 Å². The fourth-order valence-electron chi connectivity index (χ4n) is 1.99. The van der Waals surface area contributed by atoms with Crippen LogP contribution in [0.1, 0.15) is 0 Å². The van der Waals surface area contributed by atoms with E-state index in [0.29, 0.717) is 16.8 Å². The highest BCUT2D eigenvalue weighted by Gasteiger charge is 2.09. The van der Waals surface area contributed by atoms with Crippen LogP contribution in [-0.2, 0) is 7.05 Å². The average molecular weight is 305 g/mol. The molecule has 0 radical (unpaired) electrons. The summed E-state index contributed by atoms with van der Waals surface area (Å²) in [7, 11) is 1.77. The maximum Gasteiger partial charge on any atom is 0.251 e. The van der Waals surface area contributed by atoms with Gasteiger partial charge in [-0.1, -0.05) is 11.6 Å². The predicted molar refractivity (Wildman–Crippen MR) is 77.5 cm³/mol. The lowest BCUT2D eigenvalue weighted by atomic mass is 10.2. The third-order valence-electron chi connectivity index (χ3n) is 2.88. The molecular formula is C14H10ClFN4O. The molecule has 1 N–H and O–H groups in total. The van der Waals surface area contributed by atoms with Gasteiger partial charge in [0.15, 0.2) is 0 Å². The molecule has 0 aliphatic rings. The molecule has 7 heteroatoms. The number of nitrogens with one attached hydrogen (secondary N) is 1. The standard InChI is InChI=1S/C14H10ClFN4O/c1-20-7-9(6-17-20)12-5-13(21)19-14(18-12)8-2-10(15)4-11(16)3-8/h2-7H,1H3,(H,18,19,21). The van der Waals surface area contributed by atoms with Crippen LogP contribution in [0.25, 0.3) is 22.6 Å². The lowest BCUT2D eigenvalue weighted by Crippen LogP contribution is -2.08. The van der Waals surface area contributed by atoms with Crippen molar-refractivity contribution in [3.05, 3.63) is 57.9 Å². The van der Waals surface area contributed by atoms with Gasteiger partial charge in [-0.3, -0.25) is 9.48 Å². The van der Waals surface area contributed by atoms with Gasteiger partial charge in [0, 0.05) is 35.5 Å². The van der Waals surface area contributed by atoms with Crippen molar-refractivity contribution in [2.45, 2.75) is 0 Å². The van der Waals surface area contributed by atoms with E-state index < -0.39 is 5.82 Å². The topological polar surface area (TPSA) is 63.6 Å². The minimum absolute atomic E-state index is 0.236. The summed E-state index contributed by atoms with van der Waals surface area (Å²) in [5.41, 5.74) is 1.23. The molecule has 0 aliphatic heterocycles. The number of hydrogen-bond acceptors (Lipinski definition) is 3. The van der Waals surface area contributed by atoms with Crippen molar-refractivity contribution in [1.82, 2.24) is 19.7 Å². The SMILES string of the molecule is Cn1cc(-c2cc(=O)[nH]c(-c3cc(F)cc(Cl)c3)n2)cn1. The fourth-order valence-corrected chi connectivity index (χ4v) is 2.21. The molecule has 0 spiro atoms. The maximum atomic E-state index is 13.4. The highest BCUT2D eigenvalue weighted by atomic mass is 35.5. The summed E-state index contributed by atoms with van der Waals surface area (Å²) in [5, 5.41) is 4.27. The summed E-state index contributed by atoms with van der Waals surface area (Å²) in [4.78, 5) is 18.7. The van der Waals surface area contributed by atoms with E-state index in [1.54, 1.807) is 24.1 Å². The molecule has 0 fully saturated rings. The van der Waals surface area contributed by atoms with Gasteiger partial charge < -0.3 is 4.98 Å². The molecule has 0 aliphatic carbocycles. The number of rotatable bonds is 2. The second-order valence-corrected chi connectivity index (χ2v) is 4.98. The molecule has 3 rings (SSSR count). The van der Waals surface area contributed by atoms with Crippen LogP contribution in [0.2, 0.25) is 5.02 Å². The Hall–Kier alpha value is -2.47. The monoisotopic (exact) mass is 304 g/mol. The number of aromatic amines is 1. The summed E-state index contributed by atoms with van der Waals surface area (Å²) in [5.74, 6) is -0.241. The van der Waals surface area contributed by atoms with Crippen molar-refractivity contribution in [1.29, 1.82) is 0 Å². The van der Waals surface area contributed by atoms with Crippen molar-refractivity contribution in [2.75, 3.05) is 0 Å². The van der Waals surface area contributed by atoms with Gasteiger partial charge in [-0.05, 0) is 18.2 Å². The second kappa shape index (κ2) is 5.14. The van der Waals surface area contributed by atoms with E-state index in [-0.39, 0.29) is 16.4 Å². The van der Waals surface area contributed by atoms with Crippen LogP contribution >= 0.6 is 11.6 Å². The Morgan fingerprint density at radius 3 is 2.71 bits per heavy atom. The third kappa shape index (κ3) is 2.85. The van der Waals surface area contributed by atoms with E-state index in [2.05, 4.69) is 15.1 Å². The van der Waals surface area contributed by atoms with Gasteiger partial charge in [0.1, 0.15) is 11.6 Å². The predicted octanol–water partition coefficient (Wildman–Crippen LogP) is 2.63. The first-order valence-electron chi connectivity index (χ1n) is 6.08.